The summed E-state index contributed by atoms with van der Waals surface area (Å²) in [7, 11) is 0. The molecule has 1 amide bonds. The summed E-state index contributed by atoms with van der Waals surface area (Å²) in [5.74, 6) is -0.137. The van der Waals surface area contributed by atoms with E-state index in [1.807, 2.05) is 43.7 Å². The van der Waals surface area contributed by atoms with E-state index in [4.69, 9.17) is 0 Å². The van der Waals surface area contributed by atoms with E-state index in [0.29, 0.717) is 12.1 Å². The molecule has 0 spiro atoms. The largest absolute Gasteiger partial charge is 0.319 e. The highest BCUT2D eigenvalue weighted by Gasteiger charge is 2.17. The number of nitrogens with one attached hydrogen (secondary N) is 1. The molecule has 0 aliphatic rings. The molecule has 0 atom stereocenters. The fourth-order valence-electron chi connectivity index (χ4n) is 2.48. The SMILES string of the molecule is Cc1nscc1C(=O)Nc1c(C)nn(Cc2ccccc2)c1C. The van der Waals surface area contributed by atoms with Crippen LogP contribution in [-0.4, -0.2) is 20.1 Å². The first kappa shape index (κ1) is 15.4. The molecular weight excluding hydrogens is 308 g/mol. The zero-order chi connectivity index (χ0) is 16.4. The number of carbonyl (C=O) groups excluding carboxylic acids is 1. The Labute approximate surface area is 139 Å². The van der Waals surface area contributed by atoms with Crippen molar-refractivity contribution in [2.24, 2.45) is 0 Å². The van der Waals surface area contributed by atoms with Crippen molar-refractivity contribution in [3.8, 4) is 0 Å². The molecule has 0 saturated heterocycles. The number of nitrogens with zero attached hydrogens (tertiary/aromatic N) is 3. The first-order chi connectivity index (χ1) is 11.1. The molecule has 2 heterocycles. The molecule has 23 heavy (non-hydrogen) atoms. The van der Waals surface area contributed by atoms with Crippen molar-refractivity contribution in [3.63, 3.8) is 0 Å². The number of carbonyl (C=O) groups is 1. The van der Waals surface area contributed by atoms with Crippen molar-refractivity contribution in [2.75, 3.05) is 5.32 Å². The Hall–Kier alpha value is -2.47. The molecule has 0 radical (unpaired) electrons. The lowest BCUT2D eigenvalue weighted by Gasteiger charge is -2.07. The lowest BCUT2D eigenvalue weighted by Crippen LogP contribution is -2.13. The summed E-state index contributed by atoms with van der Waals surface area (Å²) in [5.41, 5.74) is 5.07. The summed E-state index contributed by atoms with van der Waals surface area (Å²) in [6, 6.07) is 10.1. The van der Waals surface area contributed by atoms with E-state index >= 15 is 0 Å². The van der Waals surface area contributed by atoms with Gasteiger partial charge in [-0.2, -0.15) is 9.47 Å². The van der Waals surface area contributed by atoms with Crippen LogP contribution >= 0.6 is 11.5 Å². The third-order valence-electron chi connectivity index (χ3n) is 3.79. The second-order valence-corrected chi connectivity index (χ2v) is 6.09. The predicted octanol–water partition coefficient (Wildman–Crippen LogP) is 3.57. The third-order valence-corrected chi connectivity index (χ3v) is 4.51. The molecule has 0 fully saturated rings. The van der Waals surface area contributed by atoms with E-state index in [2.05, 4.69) is 26.9 Å². The minimum Gasteiger partial charge on any atom is -0.319 e. The van der Waals surface area contributed by atoms with E-state index in [9.17, 15) is 4.79 Å². The first-order valence-electron chi connectivity index (χ1n) is 7.36. The van der Waals surface area contributed by atoms with Crippen LogP contribution in [0.3, 0.4) is 0 Å². The molecule has 3 rings (SSSR count). The van der Waals surface area contributed by atoms with Gasteiger partial charge in [0.1, 0.15) is 0 Å². The van der Waals surface area contributed by atoms with Crippen LogP contribution in [0.2, 0.25) is 0 Å². The zero-order valence-corrected chi connectivity index (χ0v) is 14.1. The molecule has 6 heteroatoms. The summed E-state index contributed by atoms with van der Waals surface area (Å²) in [6.45, 7) is 6.40. The summed E-state index contributed by atoms with van der Waals surface area (Å²) in [6.07, 6.45) is 0. The Kier molecular flexibility index (Phi) is 4.25. The van der Waals surface area contributed by atoms with Crippen molar-refractivity contribution in [2.45, 2.75) is 27.3 Å². The highest BCUT2D eigenvalue weighted by molar-refractivity contribution is 7.04. The smallest absolute Gasteiger partial charge is 0.258 e. The summed E-state index contributed by atoms with van der Waals surface area (Å²) >= 11 is 1.29. The molecule has 118 valence electrons. The molecular formula is C17H18N4OS. The van der Waals surface area contributed by atoms with Crippen LogP contribution in [-0.2, 0) is 6.54 Å². The number of aromatic nitrogens is 3. The second kappa shape index (κ2) is 6.34. The monoisotopic (exact) mass is 326 g/mol. The van der Waals surface area contributed by atoms with Crippen molar-refractivity contribution < 1.29 is 4.79 Å². The maximum Gasteiger partial charge on any atom is 0.258 e. The summed E-state index contributed by atoms with van der Waals surface area (Å²) in [5, 5.41) is 9.29. The Morgan fingerprint density at radius 3 is 2.57 bits per heavy atom. The standard InChI is InChI=1S/C17H18N4OS/c1-11-15(10-23-20-11)17(22)18-16-12(2)19-21(13(16)3)9-14-7-5-4-6-8-14/h4-8,10H,9H2,1-3H3,(H,18,22). The number of benzene rings is 1. The minimum atomic E-state index is -0.137. The maximum absolute atomic E-state index is 12.4. The molecule has 0 aliphatic carbocycles. The van der Waals surface area contributed by atoms with Crippen molar-refractivity contribution >= 4 is 23.1 Å². The van der Waals surface area contributed by atoms with Gasteiger partial charge < -0.3 is 5.32 Å². The Bertz CT molecular complexity index is 836. The normalized spacial score (nSPS) is 10.7. The van der Waals surface area contributed by atoms with Crippen LogP contribution in [0.15, 0.2) is 35.7 Å². The number of hydrogen-bond acceptors (Lipinski definition) is 4. The van der Waals surface area contributed by atoms with Gasteiger partial charge in [0.2, 0.25) is 0 Å². The van der Waals surface area contributed by atoms with Crippen LogP contribution in [0.5, 0.6) is 0 Å². The molecule has 0 saturated carbocycles. The minimum absolute atomic E-state index is 0.137. The van der Waals surface area contributed by atoms with Crippen LogP contribution in [0, 0.1) is 20.8 Å². The van der Waals surface area contributed by atoms with Crippen molar-refractivity contribution in [1.29, 1.82) is 0 Å². The quantitative estimate of drug-likeness (QED) is 0.797. The topological polar surface area (TPSA) is 59.8 Å². The lowest BCUT2D eigenvalue weighted by atomic mass is 10.2. The van der Waals surface area contributed by atoms with Crippen molar-refractivity contribution in [3.05, 3.63) is 63.9 Å². The molecule has 2 aromatic heterocycles. The third kappa shape index (κ3) is 3.17. The van der Waals surface area contributed by atoms with Crippen LogP contribution in [0.1, 0.15) is 33.0 Å². The second-order valence-electron chi connectivity index (χ2n) is 5.46. The van der Waals surface area contributed by atoms with Crippen LogP contribution < -0.4 is 5.32 Å². The maximum atomic E-state index is 12.4. The first-order valence-corrected chi connectivity index (χ1v) is 8.20. The van der Waals surface area contributed by atoms with Gasteiger partial charge in [0.05, 0.1) is 34.9 Å². The number of amides is 1. The molecule has 1 N–H and O–H groups in total. The van der Waals surface area contributed by atoms with E-state index < -0.39 is 0 Å². The van der Waals surface area contributed by atoms with E-state index in [-0.39, 0.29) is 5.91 Å². The number of anilines is 1. The predicted molar refractivity (Wildman–Crippen MR) is 92.0 cm³/mol. The molecule has 1 aromatic carbocycles. The van der Waals surface area contributed by atoms with Gasteiger partial charge in [-0.25, -0.2) is 0 Å². The number of rotatable bonds is 4. The lowest BCUT2D eigenvalue weighted by molar-refractivity contribution is 0.102. The van der Waals surface area contributed by atoms with Crippen LogP contribution in [0.25, 0.3) is 0 Å². The Morgan fingerprint density at radius 1 is 1.17 bits per heavy atom. The molecule has 3 aromatic rings. The highest BCUT2D eigenvalue weighted by atomic mass is 32.1. The van der Waals surface area contributed by atoms with Gasteiger partial charge in [0.25, 0.3) is 5.91 Å². The zero-order valence-electron chi connectivity index (χ0n) is 13.3. The average Bonchev–Trinajstić information content (AvgIpc) is 3.07. The average molecular weight is 326 g/mol. The molecule has 0 unspecified atom stereocenters. The van der Waals surface area contributed by atoms with Gasteiger partial charge in [-0.1, -0.05) is 30.3 Å². The fraction of sp³-hybridized carbons (Fsp3) is 0.235. The molecule has 0 aliphatic heterocycles. The van der Waals surface area contributed by atoms with E-state index in [1.165, 1.54) is 17.1 Å². The van der Waals surface area contributed by atoms with Crippen molar-refractivity contribution in [1.82, 2.24) is 14.2 Å². The number of aryl methyl sites for hydroxylation is 2. The Balaban J connectivity index is 1.84. The summed E-state index contributed by atoms with van der Waals surface area (Å²) < 4.78 is 6.06. The van der Waals surface area contributed by atoms with Gasteiger partial charge in [-0.3, -0.25) is 9.48 Å². The van der Waals surface area contributed by atoms with Gasteiger partial charge in [0.15, 0.2) is 0 Å². The number of hydrogen-bond donors (Lipinski definition) is 1. The summed E-state index contributed by atoms with van der Waals surface area (Å²) in [4.78, 5) is 12.4. The van der Waals surface area contributed by atoms with Gasteiger partial charge in [0, 0.05) is 5.38 Å². The van der Waals surface area contributed by atoms with Gasteiger partial charge in [-0.05, 0) is 37.9 Å². The van der Waals surface area contributed by atoms with E-state index in [1.54, 1.807) is 5.38 Å². The molecule has 5 nitrogen and oxygen atoms in total. The van der Waals surface area contributed by atoms with Gasteiger partial charge >= 0.3 is 0 Å². The van der Waals surface area contributed by atoms with Gasteiger partial charge in [-0.15, -0.1) is 0 Å². The van der Waals surface area contributed by atoms with E-state index in [0.717, 1.165) is 22.8 Å². The molecule has 0 bridgehead atoms. The fourth-order valence-corrected chi connectivity index (χ4v) is 3.17. The van der Waals surface area contributed by atoms with Crippen LogP contribution in [0.4, 0.5) is 5.69 Å². The Morgan fingerprint density at radius 2 is 1.91 bits per heavy atom. The highest BCUT2D eigenvalue weighted by Crippen LogP contribution is 2.22.